The molecule has 0 aliphatic carbocycles. The third kappa shape index (κ3) is 4.59. The van der Waals surface area contributed by atoms with Gasteiger partial charge in [0.05, 0.1) is 6.54 Å². The van der Waals surface area contributed by atoms with Crippen LogP contribution in [0.2, 0.25) is 0 Å². The van der Waals surface area contributed by atoms with E-state index in [2.05, 4.69) is 26.7 Å². The van der Waals surface area contributed by atoms with E-state index in [-0.39, 0.29) is 18.1 Å². The van der Waals surface area contributed by atoms with Gasteiger partial charge >= 0.3 is 0 Å². The summed E-state index contributed by atoms with van der Waals surface area (Å²) >= 11 is 0. The summed E-state index contributed by atoms with van der Waals surface area (Å²) in [6.07, 6.45) is 1.47. The van der Waals surface area contributed by atoms with Gasteiger partial charge in [-0.15, -0.1) is 0 Å². The standard InChI is InChI=1S/C13H14N4O3S/c1-10-7-12(16-20-10)9-21(18,19)17-13-8-11(3-2-5-14)4-6-15-13/h4,6-8H,5,9,14H2,1H3,(H,15,17). The van der Waals surface area contributed by atoms with Gasteiger partial charge in [0.15, 0.2) is 0 Å². The highest BCUT2D eigenvalue weighted by Gasteiger charge is 2.15. The Morgan fingerprint density at radius 2 is 2.24 bits per heavy atom. The largest absolute Gasteiger partial charge is 0.361 e. The van der Waals surface area contributed by atoms with Crippen molar-refractivity contribution in [1.82, 2.24) is 10.1 Å². The van der Waals surface area contributed by atoms with Crippen LogP contribution in [0.25, 0.3) is 0 Å². The molecule has 110 valence electrons. The van der Waals surface area contributed by atoms with Crippen LogP contribution in [0.4, 0.5) is 5.82 Å². The number of anilines is 1. The summed E-state index contributed by atoms with van der Waals surface area (Å²) in [5, 5.41) is 3.65. The van der Waals surface area contributed by atoms with Crippen LogP contribution in [-0.2, 0) is 15.8 Å². The molecule has 2 rings (SSSR count). The third-order valence-electron chi connectivity index (χ3n) is 2.37. The first-order valence-electron chi connectivity index (χ1n) is 6.06. The van der Waals surface area contributed by atoms with Crippen LogP contribution in [0.15, 0.2) is 28.9 Å². The average Bonchev–Trinajstić information content (AvgIpc) is 2.80. The highest BCUT2D eigenvalue weighted by molar-refractivity contribution is 7.91. The lowest BCUT2D eigenvalue weighted by Crippen LogP contribution is -2.16. The van der Waals surface area contributed by atoms with Gasteiger partial charge in [-0.3, -0.25) is 4.72 Å². The Kier molecular flexibility index (Phi) is 4.57. The molecule has 0 bridgehead atoms. The Hall–Kier alpha value is -2.37. The van der Waals surface area contributed by atoms with Crippen molar-refractivity contribution in [2.45, 2.75) is 12.7 Å². The SMILES string of the molecule is Cc1cc(CS(=O)(=O)Nc2cc(C#CCN)ccn2)no1. The van der Waals surface area contributed by atoms with Crippen molar-refractivity contribution in [3.63, 3.8) is 0 Å². The monoisotopic (exact) mass is 306 g/mol. The van der Waals surface area contributed by atoms with Crippen molar-refractivity contribution in [3.8, 4) is 11.8 Å². The molecule has 2 heterocycles. The summed E-state index contributed by atoms with van der Waals surface area (Å²) in [5.41, 5.74) is 6.25. The molecule has 0 aromatic carbocycles. The molecule has 21 heavy (non-hydrogen) atoms. The van der Waals surface area contributed by atoms with E-state index in [1.54, 1.807) is 19.1 Å². The van der Waals surface area contributed by atoms with Crippen LogP contribution in [-0.4, -0.2) is 25.1 Å². The van der Waals surface area contributed by atoms with Crippen molar-refractivity contribution >= 4 is 15.8 Å². The van der Waals surface area contributed by atoms with Crippen LogP contribution in [0.3, 0.4) is 0 Å². The Morgan fingerprint density at radius 3 is 2.90 bits per heavy atom. The molecule has 2 aromatic heterocycles. The molecule has 2 aromatic rings. The lowest BCUT2D eigenvalue weighted by Gasteiger charge is -2.05. The van der Waals surface area contributed by atoms with Crippen LogP contribution < -0.4 is 10.5 Å². The van der Waals surface area contributed by atoms with Crippen LogP contribution in [0, 0.1) is 18.8 Å². The van der Waals surface area contributed by atoms with Crippen LogP contribution in [0.1, 0.15) is 17.0 Å². The smallest absolute Gasteiger partial charge is 0.239 e. The predicted octanol–water partition coefficient (Wildman–Crippen LogP) is 0.630. The number of aryl methyl sites for hydroxylation is 1. The van der Waals surface area contributed by atoms with Crippen molar-refractivity contribution in [2.75, 3.05) is 11.3 Å². The number of nitrogens with one attached hydrogen (secondary N) is 1. The molecule has 8 heteroatoms. The highest BCUT2D eigenvalue weighted by atomic mass is 32.2. The van der Waals surface area contributed by atoms with Crippen LogP contribution in [0.5, 0.6) is 0 Å². The van der Waals surface area contributed by atoms with E-state index in [1.807, 2.05) is 0 Å². The van der Waals surface area contributed by atoms with Crippen molar-refractivity contribution in [1.29, 1.82) is 0 Å². The first kappa shape index (κ1) is 15.0. The van der Waals surface area contributed by atoms with Crippen molar-refractivity contribution < 1.29 is 12.9 Å². The number of nitrogens with two attached hydrogens (primary N) is 1. The molecule has 7 nitrogen and oxygen atoms in total. The fourth-order valence-electron chi connectivity index (χ4n) is 1.59. The molecule has 0 fully saturated rings. The highest BCUT2D eigenvalue weighted by Crippen LogP contribution is 2.12. The summed E-state index contributed by atoms with van der Waals surface area (Å²) in [5.74, 6) is 5.95. The van der Waals surface area contributed by atoms with Gasteiger partial charge in [0.2, 0.25) is 10.0 Å². The van der Waals surface area contributed by atoms with Gasteiger partial charge < -0.3 is 10.3 Å². The third-order valence-corrected chi connectivity index (χ3v) is 3.57. The minimum absolute atomic E-state index is 0.194. The summed E-state index contributed by atoms with van der Waals surface area (Å²) in [7, 11) is -3.62. The predicted molar refractivity (Wildman–Crippen MR) is 77.7 cm³/mol. The minimum Gasteiger partial charge on any atom is -0.361 e. The first-order chi connectivity index (χ1) is 9.98. The minimum atomic E-state index is -3.62. The van der Waals surface area contributed by atoms with E-state index in [9.17, 15) is 8.42 Å². The molecular weight excluding hydrogens is 292 g/mol. The topological polar surface area (TPSA) is 111 Å². The molecule has 0 aliphatic heterocycles. The first-order valence-corrected chi connectivity index (χ1v) is 7.71. The summed E-state index contributed by atoms with van der Waals surface area (Å²) in [6.45, 7) is 1.92. The zero-order chi connectivity index (χ0) is 15.3. The molecule has 0 saturated carbocycles. The zero-order valence-corrected chi connectivity index (χ0v) is 12.1. The molecule has 3 N–H and O–H groups in total. The molecule has 0 spiro atoms. The Morgan fingerprint density at radius 1 is 1.43 bits per heavy atom. The maximum absolute atomic E-state index is 12.0. The van der Waals surface area contributed by atoms with Gasteiger partial charge in [-0.2, -0.15) is 0 Å². The Labute approximate surface area is 122 Å². The molecule has 0 radical (unpaired) electrons. The van der Waals surface area contributed by atoms with E-state index >= 15 is 0 Å². The number of sulfonamides is 1. The Bertz CT molecular complexity index is 787. The molecule has 0 aliphatic rings. The van der Waals surface area contributed by atoms with E-state index < -0.39 is 10.0 Å². The van der Waals surface area contributed by atoms with Gasteiger partial charge in [0, 0.05) is 17.8 Å². The lowest BCUT2D eigenvalue weighted by molar-refractivity contribution is 0.392. The second-order valence-corrected chi connectivity index (χ2v) is 5.95. The maximum atomic E-state index is 12.0. The Balaban J connectivity index is 2.13. The van der Waals surface area contributed by atoms with Crippen LogP contribution >= 0.6 is 0 Å². The fraction of sp³-hybridized carbons (Fsp3) is 0.231. The van der Waals surface area contributed by atoms with E-state index in [4.69, 9.17) is 10.3 Å². The summed E-state index contributed by atoms with van der Waals surface area (Å²) in [4.78, 5) is 3.95. The average molecular weight is 306 g/mol. The van der Waals surface area contributed by atoms with Gasteiger partial charge in [0.1, 0.15) is 23.0 Å². The summed E-state index contributed by atoms with van der Waals surface area (Å²) < 4.78 is 31.2. The van der Waals surface area contributed by atoms with E-state index in [0.29, 0.717) is 17.0 Å². The number of hydrogen-bond donors (Lipinski definition) is 2. The zero-order valence-electron chi connectivity index (χ0n) is 11.3. The second kappa shape index (κ2) is 6.39. The molecule has 0 atom stereocenters. The number of pyridine rings is 1. The van der Waals surface area contributed by atoms with Gasteiger partial charge in [-0.25, -0.2) is 13.4 Å². The lowest BCUT2D eigenvalue weighted by atomic mass is 10.2. The van der Waals surface area contributed by atoms with Crippen molar-refractivity contribution in [3.05, 3.63) is 41.4 Å². The van der Waals surface area contributed by atoms with Gasteiger partial charge in [-0.1, -0.05) is 17.0 Å². The van der Waals surface area contributed by atoms with Gasteiger partial charge in [-0.05, 0) is 19.1 Å². The summed E-state index contributed by atoms with van der Waals surface area (Å²) in [6, 6.07) is 4.77. The van der Waals surface area contributed by atoms with E-state index in [1.165, 1.54) is 12.3 Å². The number of hydrogen-bond acceptors (Lipinski definition) is 6. The molecule has 0 unspecified atom stereocenters. The molecular formula is C13H14N4O3S. The second-order valence-electron chi connectivity index (χ2n) is 4.23. The molecule has 0 saturated heterocycles. The fourth-order valence-corrected chi connectivity index (χ4v) is 2.62. The molecule has 0 amide bonds. The normalized spacial score (nSPS) is 10.8. The maximum Gasteiger partial charge on any atom is 0.239 e. The van der Waals surface area contributed by atoms with Gasteiger partial charge in [0.25, 0.3) is 0 Å². The number of aromatic nitrogens is 2. The quantitative estimate of drug-likeness (QED) is 0.801. The van der Waals surface area contributed by atoms with Crippen molar-refractivity contribution in [2.24, 2.45) is 5.73 Å². The van der Waals surface area contributed by atoms with E-state index in [0.717, 1.165) is 0 Å². The number of nitrogens with zero attached hydrogens (tertiary/aromatic N) is 2. The number of rotatable bonds is 4.